The number of halogens is 1. The van der Waals surface area contributed by atoms with Crippen molar-refractivity contribution in [1.82, 2.24) is 4.90 Å². The molecule has 1 N–H and O–H groups in total. The largest absolute Gasteiger partial charge is 0.480 e. The third-order valence-electron chi connectivity index (χ3n) is 3.60. The lowest BCUT2D eigenvalue weighted by molar-refractivity contribution is -0.160. The highest BCUT2D eigenvalue weighted by atomic mass is 19.1. The molecule has 1 aromatic rings. The van der Waals surface area contributed by atoms with Crippen molar-refractivity contribution >= 4 is 11.9 Å². The molecule has 0 bridgehead atoms. The van der Waals surface area contributed by atoms with Gasteiger partial charge in [-0.25, -0.2) is 9.18 Å². The molecule has 1 aromatic carbocycles. The maximum absolute atomic E-state index is 13.6. The summed E-state index contributed by atoms with van der Waals surface area (Å²) in [6.07, 6.45) is 0.245. The van der Waals surface area contributed by atoms with Gasteiger partial charge in [-0.1, -0.05) is 25.1 Å². The van der Waals surface area contributed by atoms with Crippen LogP contribution in [0.2, 0.25) is 0 Å². The Bertz CT molecular complexity index is 534. The molecule has 114 valence electrons. The van der Waals surface area contributed by atoms with E-state index in [4.69, 9.17) is 9.84 Å². The molecule has 0 radical (unpaired) electrons. The lowest BCUT2D eigenvalue weighted by Gasteiger charge is -2.34. The minimum atomic E-state index is -1.08. The van der Waals surface area contributed by atoms with Crippen LogP contribution in [0.25, 0.3) is 0 Å². The van der Waals surface area contributed by atoms with Gasteiger partial charge in [0.2, 0.25) is 5.91 Å². The number of amides is 1. The summed E-state index contributed by atoms with van der Waals surface area (Å²) in [6.45, 7) is 2.25. The molecule has 0 aromatic heterocycles. The topological polar surface area (TPSA) is 66.8 Å². The quantitative estimate of drug-likeness (QED) is 0.909. The first-order chi connectivity index (χ1) is 10.0. The zero-order valence-corrected chi connectivity index (χ0v) is 11.8. The number of carbonyl (C=O) groups excluding carboxylic acids is 1. The van der Waals surface area contributed by atoms with Gasteiger partial charge in [-0.3, -0.25) is 4.79 Å². The van der Waals surface area contributed by atoms with Gasteiger partial charge in [0.1, 0.15) is 5.82 Å². The summed E-state index contributed by atoms with van der Waals surface area (Å²) >= 11 is 0. The highest BCUT2D eigenvalue weighted by Gasteiger charge is 2.34. The number of hydrogen-bond acceptors (Lipinski definition) is 3. The summed E-state index contributed by atoms with van der Waals surface area (Å²) in [4.78, 5) is 24.9. The Morgan fingerprint density at radius 3 is 2.86 bits per heavy atom. The van der Waals surface area contributed by atoms with Crippen molar-refractivity contribution in [3.05, 3.63) is 35.6 Å². The standard InChI is InChI=1S/C15H18FNO4/c1-10(8-11-4-2-3-5-12(11)16)14(18)17-6-7-21-9-13(17)15(19)20/h2-5,10,13H,6-9H2,1H3,(H,19,20)/t10-,13+/m0/s1. The fourth-order valence-corrected chi connectivity index (χ4v) is 2.44. The van der Waals surface area contributed by atoms with Gasteiger partial charge < -0.3 is 14.7 Å². The molecule has 0 aliphatic carbocycles. The van der Waals surface area contributed by atoms with Crippen LogP contribution in [0.4, 0.5) is 4.39 Å². The van der Waals surface area contributed by atoms with Crippen LogP contribution in [0.1, 0.15) is 12.5 Å². The van der Waals surface area contributed by atoms with E-state index in [9.17, 15) is 14.0 Å². The van der Waals surface area contributed by atoms with Crippen molar-refractivity contribution in [3.63, 3.8) is 0 Å². The summed E-state index contributed by atoms with van der Waals surface area (Å²) in [5.41, 5.74) is 0.457. The Morgan fingerprint density at radius 2 is 2.19 bits per heavy atom. The van der Waals surface area contributed by atoms with E-state index in [0.717, 1.165) is 0 Å². The maximum atomic E-state index is 13.6. The van der Waals surface area contributed by atoms with Gasteiger partial charge in [0.25, 0.3) is 0 Å². The van der Waals surface area contributed by atoms with Crippen LogP contribution < -0.4 is 0 Å². The highest BCUT2D eigenvalue weighted by molar-refractivity contribution is 5.85. The molecule has 2 rings (SSSR count). The van der Waals surface area contributed by atoms with Gasteiger partial charge >= 0.3 is 5.97 Å². The molecule has 21 heavy (non-hydrogen) atoms. The number of carbonyl (C=O) groups is 2. The van der Waals surface area contributed by atoms with Crippen molar-refractivity contribution in [2.24, 2.45) is 5.92 Å². The van der Waals surface area contributed by atoms with Crippen LogP contribution in [0.5, 0.6) is 0 Å². The smallest absolute Gasteiger partial charge is 0.328 e. The van der Waals surface area contributed by atoms with Crippen molar-refractivity contribution in [2.45, 2.75) is 19.4 Å². The second-order valence-corrected chi connectivity index (χ2v) is 5.16. The predicted molar refractivity (Wildman–Crippen MR) is 73.2 cm³/mol. The zero-order valence-electron chi connectivity index (χ0n) is 11.8. The normalized spacial score (nSPS) is 20.1. The number of ether oxygens (including phenoxy) is 1. The molecule has 2 atom stereocenters. The van der Waals surface area contributed by atoms with Crippen LogP contribution >= 0.6 is 0 Å². The molecule has 1 aliphatic heterocycles. The molecule has 1 fully saturated rings. The van der Waals surface area contributed by atoms with Gasteiger partial charge in [0, 0.05) is 12.5 Å². The van der Waals surface area contributed by atoms with Crippen LogP contribution in [0.15, 0.2) is 24.3 Å². The third-order valence-corrected chi connectivity index (χ3v) is 3.60. The average Bonchev–Trinajstić information content (AvgIpc) is 2.48. The zero-order chi connectivity index (χ0) is 15.4. The van der Waals surface area contributed by atoms with E-state index in [0.29, 0.717) is 12.2 Å². The van der Waals surface area contributed by atoms with E-state index in [1.807, 2.05) is 0 Å². The predicted octanol–water partition coefficient (Wildman–Crippen LogP) is 1.32. The summed E-state index contributed by atoms with van der Waals surface area (Å²) in [7, 11) is 0. The Balaban J connectivity index is 2.07. The minimum absolute atomic E-state index is 0.00646. The molecule has 0 spiro atoms. The number of hydrogen-bond donors (Lipinski definition) is 1. The van der Waals surface area contributed by atoms with Crippen molar-refractivity contribution in [1.29, 1.82) is 0 Å². The number of morpholine rings is 1. The summed E-state index contributed by atoms with van der Waals surface area (Å²) in [6, 6.07) is 5.32. The van der Waals surface area contributed by atoms with Gasteiger partial charge in [-0.05, 0) is 18.1 Å². The number of benzene rings is 1. The Labute approximate surface area is 122 Å². The first kappa shape index (κ1) is 15.4. The number of carboxylic acid groups (broad SMARTS) is 1. The monoisotopic (exact) mass is 295 g/mol. The Hall–Kier alpha value is -1.95. The molecule has 6 heteroatoms. The summed E-state index contributed by atoms with van der Waals surface area (Å²) in [5.74, 6) is -2.20. The SMILES string of the molecule is C[C@@H](Cc1ccccc1F)C(=O)N1CCOC[C@@H]1C(=O)O. The van der Waals surface area contributed by atoms with E-state index in [1.54, 1.807) is 25.1 Å². The molecule has 5 nitrogen and oxygen atoms in total. The second kappa shape index (κ2) is 6.67. The lowest BCUT2D eigenvalue weighted by atomic mass is 9.98. The molecule has 0 unspecified atom stereocenters. The maximum Gasteiger partial charge on any atom is 0.328 e. The number of nitrogens with zero attached hydrogens (tertiary/aromatic N) is 1. The van der Waals surface area contributed by atoms with E-state index in [2.05, 4.69) is 0 Å². The molecule has 1 aliphatic rings. The summed E-state index contributed by atoms with van der Waals surface area (Å²) < 4.78 is 18.7. The van der Waals surface area contributed by atoms with E-state index in [1.165, 1.54) is 11.0 Å². The molecule has 1 heterocycles. The van der Waals surface area contributed by atoms with E-state index >= 15 is 0 Å². The van der Waals surface area contributed by atoms with E-state index in [-0.39, 0.29) is 31.3 Å². The van der Waals surface area contributed by atoms with Crippen molar-refractivity contribution in [2.75, 3.05) is 19.8 Å². The fraction of sp³-hybridized carbons (Fsp3) is 0.467. The molecule has 0 saturated carbocycles. The van der Waals surface area contributed by atoms with Gasteiger partial charge in [0.05, 0.1) is 13.2 Å². The van der Waals surface area contributed by atoms with Crippen molar-refractivity contribution < 1.29 is 23.8 Å². The van der Waals surface area contributed by atoms with Crippen LogP contribution in [-0.2, 0) is 20.7 Å². The number of aliphatic carboxylic acids is 1. The van der Waals surface area contributed by atoms with Gasteiger partial charge in [0.15, 0.2) is 6.04 Å². The average molecular weight is 295 g/mol. The van der Waals surface area contributed by atoms with Crippen molar-refractivity contribution in [3.8, 4) is 0 Å². The van der Waals surface area contributed by atoms with Gasteiger partial charge in [-0.15, -0.1) is 0 Å². The summed E-state index contributed by atoms with van der Waals surface area (Å²) in [5, 5.41) is 9.14. The second-order valence-electron chi connectivity index (χ2n) is 5.16. The van der Waals surface area contributed by atoms with Crippen LogP contribution in [-0.4, -0.2) is 47.7 Å². The first-order valence-electron chi connectivity index (χ1n) is 6.85. The molecular formula is C15H18FNO4. The minimum Gasteiger partial charge on any atom is -0.480 e. The molecule has 1 amide bonds. The van der Waals surface area contributed by atoms with Crippen LogP contribution in [0.3, 0.4) is 0 Å². The van der Waals surface area contributed by atoms with Crippen LogP contribution in [0, 0.1) is 11.7 Å². The van der Waals surface area contributed by atoms with E-state index < -0.39 is 17.9 Å². The van der Waals surface area contributed by atoms with Gasteiger partial charge in [-0.2, -0.15) is 0 Å². The third kappa shape index (κ3) is 3.58. The fourth-order valence-electron chi connectivity index (χ4n) is 2.44. The molecule has 1 saturated heterocycles. The Kier molecular flexibility index (Phi) is 4.90. The first-order valence-corrected chi connectivity index (χ1v) is 6.85. The molecular weight excluding hydrogens is 277 g/mol. The number of carboxylic acids is 1. The number of rotatable bonds is 4. The Morgan fingerprint density at radius 1 is 1.48 bits per heavy atom. The lowest BCUT2D eigenvalue weighted by Crippen LogP contribution is -2.54. The highest BCUT2D eigenvalue weighted by Crippen LogP contribution is 2.17.